The summed E-state index contributed by atoms with van der Waals surface area (Å²) in [7, 11) is 0. The molecule has 1 rings (SSSR count). The first-order valence-corrected chi connectivity index (χ1v) is 4.80. The van der Waals surface area contributed by atoms with Gasteiger partial charge in [0.2, 0.25) is 11.8 Å². The minimum atomic E-state index is -1.18. The highest BCUT2D eigenvalue weighted by molar-refractivity contribution is 5.92. The molecule has 86 valence electrons. The average molecular weight is 224 g/mol. The lowest BCUT2D eigenvalue weighted by Gasteiger charge is -2.15. The molecule has 6 heteroatoms. The fourth-order valence-corrected chi connectivity index (χ4v) is 1.40. The summed E-state index contributed by atoms with van der Waals surface area (Å²) in [4.78, 5) is 33.1. The van der Waals surface area contributed by atoms with Crippen molar-refractivity contribution in [3.05, 3.63) is 0 Å². The first-order chi connectivity index (χ1) is 7.54. The maximum Gasteiger partial charge on any atom is 0.327 e. The van der Waals surface area contributed by atoms with E-state index in [9.17, 15) is 14.4 Å². The summed E-state index contributed by atoms with van der Waals surface area (Å²) in [5.74, 6) is 0.276. The number of nitrogens with one attached hydrogen (secondary N) is 2. The molecule has 3 N–H and O–H groups in total. The molecule has 0 saturated carbocycles. The van der Waals surface area contributed by atoms with E-state index in [2.05, 4.69) is 16.6 Å². The van der Waals surface area contributed by atoms with Crippen LogP contribution in [0.15, 0.2) is 0 Å². The number of carboxylic acid groups (broad SMARTS) is 1. The normalized spacial score (nSPS) is 20.7. The van der Waals surface area contributed by atoms with Crippen LogP contribution in [0.3, 0.4) is 0 Å². The van der Waals surface area contributed by atoms with Gasteiger partial charge in [0.1, 0.15) is 12.1 Å². The number of carbonyl (C=O) groups excluding carboxylic acids is 2. The van der Waals surface area contributed by atoms with E-state index < -0.39 is 24.0 Å². The summed E-state index contributed by atoms with van der Waals surface area (Å²) >= 11 is 0. The van der Waals surface area contributed by atoms with Crippen LogP contribution < -0.4 is 10.6 Å². The summed E-state index contributed by atoms with van der Waals surface area (Å²) < 4.78 is 0. The molecule has 2 amide bonds. The van der Waals surface area contributed by atoms with E-state index in [1.54, 1.807) is 0 Å². The fraction of sp³-hybridized carbons (Fsp3) is 0.500. The second kappa shape index (κ2) is 5.16. The van der Waals surface area contributed by atoms with Gasteiger partial charge in [0.25, 0.3) is 0 Å². The molecule has 1 aliphatic heterocycles. The summed E-state index contributed by atoms with van der Waals surface area (Å²) in [5.41, 5.74) is 0. The van der Waals surface area contributed by atoms with Gasteiger partial charge in [0, 0.05) is 12.8 Å². The molecule has 2 atom stereocenters. The quantitative estimate of drug-likeness (QED) is 0.526. The lowest BCUT2D eigenvalue weighted by Crippen LogP contribution is -2.48. The molecule has 0 spiro atoms. The van der Waals surface area contributed by atoms with Crippen LogP contribution in [0.5, 0.6) is 0 Å². The van der Waals surface area contributed by atoms with Crippen LogP contribution in [0, 0.1) is 12.3 Å². The highest BCUT2D eigenvalue weighted by Crippen LogP contribution is 2.07. The van der Waals surface area contributed by atoms with E-state index in [4.69, 9.17) is 11.5 Å². The molecule has 0 bridgehead atoms. The lowest BCUT2D eigenvalue weighted by atomic mass is 10.1. The highest BCUT2D eigenvalue weighted by Gasteiger charge is 2.29. The van der Waals surface area contributed by atoms with Crippen LogP contribution in [-0.4, -0.2) is 35.0 Å². The minimum Gasteiger partial charge on any atom is -0.480 e. The number of carboxylic acids is 1. The van der Waals surface area contributed by atoms with Crippen LogP contribution in [0.1, 0.15) is 19.3 Å². The van der Waals surface area contributed by atoms with Gasteiger partial charge >= 0.3 is 5.97 Å². The molecule has 0 radical (unpaired) electrons. The highest BCUT2D eigenvalue weighted by atomic mass is 16.4. The molecule has 0 aromatic rings. The Balaban J connectivity index is 2.52. The van der Waals surface area contributed by atoms with Gasteiger partial charge in [-0.15, -0.1) is 12.3 Å². The van der Waals surface area contributed by atoms with Crippen molar-refractivity contribution in [2.24, 2.45) is 0 Å². The SMILES string of the molecule is C#CC[C@@H](NC(=O)[C@@H]1CCC(=O)N1)C(=O)O. The number of carbonyl (C=O) groups is 3. The van der Waals surface area contributed by atoms with E-state index >= 15 is 0 Å². The molecule has 1 fully saturated rings. The third kappa shape index (κ3) is 2.98. The molecule has 16 heavy (non-hydrogen) atoms. The number of terminal acetylenes is 1. The molecule has 0 unspecified atom stereocenters. The van der Waals surface area contributed by atoms with Crippen molar-refractivity contribution in [3.8, 4) is 12.3 Å². The Morgan fingerprint density at radius 1 is 1.69 bits per heavy atom. The first-order valence-electron chi connectivity index (χ1n) is 4.80. The molecule has 0 aromatic carbocycles. The van der Waals surface area contributed by atoms with Crippen molar-refractivity contribution < 1.29 is 19.5 Å². The molecule has 1 aliphatic rings. The third-order valence-corrected chi connectivity index (χ3v) is 2.25. The van der Waals surface area contributed by atoms with Gasteiger partial charge in [-0.25, -0.2) is 4.79 Å². The van der Waals surface area contributed by atoms with Crippen LogP contribution in [-0.2, 0) is 14.4 Å². The fourth-order valence-electron chi connectivity index (χ4n) is 1.40. The van der Waals surface area contributed by atoms with Crippen molar-refractivity contribution in [3.63, 3.8) is 0 Å². The molecule has 1 saturated heterocycles. The molecule has 0 aromatic heterocycles. The number of rotatable bonds is 4. The van der Waals surface area contributed by atoms with Crippen molar-refractivity contribution in [2.75, 3.05) is 0 Å². The molecular weight excluding hydrogens is 212 g/mol. The summed E-state index contributed by atoms with van der Waals surface area (Å²) in [5, 5.41) is 13.5. The minimum absolute atomic E-state index is 0.0816. The maximum atomic E-state index is 11.5. The second-order valence-electron chi connectivity index (χ2n) is 3.47. The van der Waals surface area contributed by atoms with Gasteiger partial charge in [-0.2, -0.15) is 0 Å². The summed E-state index contributed by atoms with van der Waals surface area (Å²) in [6, 6.07) is -1.75. The van der Waals surface area contributed by atoms with Crippen molar-refractivity contribution in [1.29, 1.82) is 0 Å². The Hall–Kier alpha value is -2.03. The smallest absolute Gasteiger partial charge is 0.327 e. The zero-order valence-electron chi connectivity index (χ0n) is 8.53. The molecule has 6 nitrogen and oxygen atoms in total. The molecule has 1 heterocycles. The van der Waals surface area contributed by atoms with Crippen molar-refractivity contribution in [1.82, 2.24) is 10.6 Å². The zero-order chi connectivity index (χ0) is 12.1. The van der Waals surface area contributed by atoms with E-state index in [-0.39, 0.29) is 18.7 Å². The van der Waals surface area contributed by atoms with Gasteiger partial charge in [-0.1, -0.05) is 0 Å². The number of hydrogen-bond donors (Lipinski definition) is 3. The average Bonchev–Trinajstić information content (AvgIpc) is 2.64. The maximum absolute atomic E-state index is 11.5. The van der Waals surface area contributed by atoms with Gasteiger partial charge in [0.15, 0.2) is 0 Å². The largest absolute Gasteiger partial charge is 0.480 e. The Kier molecular flexibility index (Phi) is 3.89. The topological polar surface area (TPSA) is 95.5 Å². The third-order valence-electron chi connectivity index (χ3n) is 2.25. The van der Waals surface area contributed by atoms with Gasteiger partial charge < -0.3 is 15.7 Å². The second-order valence-corrected chi connectivity index (χ2v) is 3.47. The van der Waals surface area contributed by atoms with Gasteiger partial charge in [0.05, 0.1) is 0 Å². The predicted octanol–water partition coefficient (Wildman–Crippen LogP) is -1.14. The number of amides is 2. The Labute approximate surface area is 92.4 Å². The van der Waals surface area contributed by atoms with E-state index in [0.29, 0.717) is 6.42 Å². The van der Waals surface area contributed by atoms with Crippen LogP contribution in [0.2, 0.25) is 0 Å². The Morgan fingerprint density at radius 3 is 2.81 bits per heavy atom. The molecular formula is C10H12N2O4. The number of hydrogen-bond acceptors (Lipinski definition) is 3. The van der Waals surface area contributed by atoms with Gasteiger partial charge in [-0.3, -0.25) is 9.59 Å². The predicted molar refractivity (Wildman–Crippen MR) is 54.2 cm³/mol. The van der Waals surface area contributed by atoms with E-state index in [1.807, 2.05) is 0 Å². The number of aliphatic carboxylic acids is 1. The van der Waals surface area contributed by atoms with E-state index in [1.165, 1.54) is 0 Å². The summed E-state index contributed by atoms with van der Waals surface area (Å²) in [6.45, 7) is 0. The van der Waals surface area contributed by atoms with Crippen LogP contribution >= 0.6 is 0 Å². The zero-order valence-corrected chi connectivity index (χ0v) is 8.53. The Morgan fingerprint density at radius 2 is 2.38 bits per heavy atom. The summed E-state index contributed by atoms with van der Waals surface area (Å²) in [6.07, 6.45) is 5.57. The molecule has 0 aliphatic carbocycles. The monoisotopic (exact) mass is 224 g/mol. The first kappa shape index (κ1) is 12.0. The van der Waals surface area contributed by atoms with Crippen LogP contribution in [0.25, 0.3) is 0 Å². The van der Waals surface area contributed by atoms with Gasteiger partial charge in [-0.05, 0) is 6.42 Å². The van der Waals surface area contributed by atoms with Crippen molar-refractivity contribution in [2.45, 2.75) is 31.3 Å². The standard InChI is InChI=1S/C10H12N2O4/c1-2-3-7(10(15)16)12-9(14)6-4-5-8(13)11-6/h1,6-7H,3-5H2,(H,11,13)(H,12,14)(H,15,16)/t6-,7+/m0/s1. The van der Waals surface area contributed by atoms with E-state index in [0.717, 1.165) is 0 Å². The van der Waals surface area contributed by atoms with Crippen LogP contribution in [0.4, 0.5) is 0 Å². The Bertz CT molecular complexity index is 358. The van der Waals surface area contributed by atoms with Crippen molar-refractivity contribution >= 4 is 17.8 Å². The lowest BCUT2D eigenvalue weighted by molar-refractivity contribution is -0.141.